The molecule has 0 spiro atoms. The van der Waals surface area contributed by atoms with Crippen molar-refractivity contribution in [3.05, 3.63) is 29.8 Å². The fourth-order valence-corrected chi connectivity index (χ4v) is 1.49. The van der Waals surface area contributed by atoms with Crippen molar-refractivity contribution in [1.82, 2.24) is 5.32 Å². The van der Waals surface area contributed by atoms with Crippen LogP contribution in [-0.4, -0.2) is 47.6 Å². The molecule has 0 aliphatic heterocycles. The molecule has 1 aromatic rings. The highest BCUT2D eigenvalue weighted by molar-refractivity contribution is 6.45. The molecule has 0 aliphatic rings. The van der Waals surface area contributed by atoms with Crippen LogP contribution in [0, 0.1) is 0 Å². The van der Waals surface area contributed by atoms with Gasteiger partial charge in [-0.05, 0) is 24.3 Å². The Bertz CT molecular complexity index is 527. The standard InChI is InChI=1S/C13H17N3O5/c1-15-12(17)11(16-20)8-2-4-9(5-3-8)21-7-6-10(14)13(18)19/h2-5,10,20H,6-7,14H2,1H3,(H,15,17)(H,18,19)/b16-11+. The van der Waals surface area contributed by atoms with Gasteiger partial charge in [0.25, 0.3) is 5.91 Å². The number of hydrogen-bond donors (Lipinski definition) is 4. The summed E-state index contributed by atoms with van der Waals surface area (Å²) in [5.41, 5.74) is 5.65. The number of benzene rings is 1. The summed E-state index contributed by atoms with van der Waals surface area (Å²) in [6.07, 6.45) is 0.179. The highest BCUT2D eigenvalue weighted by atomic mass is 16.5. The first-order valence-electron chi connectivity index (χ1n) is 6.15. The number of aliphatic carboxylic acids is 1. The van der Waals surface area contributed by atoms with Crippen LogP contribution in [0.4, 0.5) is 0 Å². The third kappa shape index (κ3) is 4.77. The summed E-state index contributed by atoms with van der Waals surface area (Å²) in [7, 11) is 1.43. The number of likely N-dealkylation sites (N-methyl/N-ethyl adjacent to an activating group) is 1. The molecule has 0 aromatic heterocycles. The molecule has 0 aliphatic carbocycles. The topological polar surface area (TPSA) is 134 Å². The number of amides is 1. The maximum absolute atomic E-state index is 11.4. The second-order valence-corrected chi connectivity index (χ2v) is 4.13. The van der Waals surface area contributed by atoms with Gasteiger partial charge in [-0.2, -0.15) is 0 Å². The van der Waals surface area contributed by atoms with Gasteiger partial charge in [0.15, 0.2) is 5.71 Å². The zero-order valence-corrected chi connectivity index (χ0v) is 11.4. The molecule has 1 atom stereocenters. The van der Waals surface area contributed by atoms with Crippen molar-refractivity contribution in [1.29, 1.82) is 0 Å². The number of carbonyl (C=O) groups excluding carboxylic acids is 1. The van der Waals surface area contributed by atoms with E-state index in [2.05, 4.69) is 10.5 Å². The lowest BCUT2D eigenvalue weighted by Crippen LogP contribution is -2.31. The van der Waals surface area contributed by atoms with Crippen LogP contribution >= 0.6 is 0 Å². The van der Waals surface area contributed by atoms with Gasteiger partial charge in [0.1, 0.15) is 11.8 Å². The van der Waals surface area contributed by atoms with Gasteiger partial charge in [-0.3, -0.25) is 9.59 Å². The average molecular weight is 295 g/mol. The lowest BCUT2D eigenvalue weighted by atomic mass is 10.1. The number of rotatable bonds is 7. The second-order valence-electron chi connectivity index (χ2n) is 4.13. The zero-order valence-electron chi connectivity index (χ0n) is 11.4. The highest BCUT2D eigenvalue weighted by Crippen LogP contribution is 2.13. The molecule has 5 N–H and O–H groups in total. The number of carbonyl (C=O) groups is 2. The van der Waals surface area contributed by atoms with Crippen LogP contribution in [0.5, 0.6) is 5.75 Å². The SMILES string of the molecule is CNC(=O)/C(=N/O)c1ccc(OCCC(N)C(=O)O)cc1. The summed E-state index contributed by atoms with van der Waals surface area (Å²) in [6.45, 7) is 0.156. The first kappa shape index (κ1) is 16.4. The van der Waals surface area contributed by atoms with E-state index < -0.39 is 17.9 Å². The fourth-order valence-electron chi connectivity index (χ4n) is 1.49. The van der Waals surface area contributed by atoms with Crippen molar-refractivity contribution in [3.8, 4) is 5.75 Å². The number of ether oxygens (including phenoxy) is 1. The van der Waals surface area contributed by atoms with E-state index in [-0.39, 0.29) is 18.7 Å². The third-order valence-corrected chi connectivity index (χ3v) is 2.68. The smallest absolute Gasteiger partial charge is 0.320 e. The minimum atomic E-state index is -1.08. The maximum atomic E-state index is 11.4. The van der Waals surface area contributed by atoms with E-state index in [4.69, 9.17) is 20.8 Å². The number of nitrogens with two attached hydrogens (primary N) is 1. The molecule has 1 unspecified atom stereocenters. The van der Waals surface area contributed by atoms with Gasteiger partial charge in [0.05, 0.1) is 6.61 Å². The van der Waals surface area contributed by atoms with Crippen molar-refractivity contribution in [2.75, 3.05) is 13.7 Å². The van der Waals surface area contributed by atoms with Gasteiger partial charge in [0.2, 0.25) is 0 Å². The summed E-state index contributed by atoms with van der Waals surface area (Å²) in [5.74, 6) is -1.10. The molecule has 1 rings (SSSR count). The summed E-state index contributed by atoms with van der Waals surface area (Å²) in [4.78, 5) is 22.0. The molecule has 0 bridgehead atoms. The van der Waals surface area contributed by atoms with E-state index in [1.807, 2.05) is 0 Å². The van der Waals surface area contributed by atoms with Crippen LogP contribution in [-0.2, 0) is 9.59 Å². The molecule has 8 heteroatoms. The van der Waals surface area contributed by atoms with E-state index in [1.54, 1.807) is 24.3 Å². The predicted octanol–water partition coefficient (Wildman–Crippen LogP) is -0.208. The largest absolute Gasteiger partial charge is 0.494 e. The first-order chi connectivity index (χ1) is 9.99. The Morgan fingerprint density at radius 1 is 1.38 bits per heavy atom. The molecule has 0 fully saturated rings. The summed E-state index contributed by atoms with van der Waals surface area (Å²) >= 11 is 0. The van der Waals surface area contributed by atoms with E-state index in [0.29, 0.717) is 11.3 Å². The number of nitrogens with zero attached hydrogens (tertiary/aromatic N) is 1. The Labute approximate surface area is 121 Å². The van der Waals surface area contributed by atoms with Crippen molar-refractivity contribution in [2.24, 2.45) is 10.9 Å². The van der Waals surface area contributed by atoms with Crippen LogP contribution in [0.25, 0.3) is 0 Å². The van der Waals surface area contributed by atoms with E-state index in [0.717, 1.165) is 0 Å². The van der Waals surface area contributed by atoms with Crippen LogP contribution < -0.4 is 15.8 Å². The number of carboxylic acid groups (broad SMARTS) is 1. The minimum absolute atomic E-state index is 0.114. The Hall–Kier alpha value is -2.61. The van der Waals surface area contributed by atoms with Crippen LogP contribution in [0.15, 0.2) is 29.4 Å². The zero-order chi connectivity index (χ0) is 15.8. The number of oxime groups is 1. The van der Waals surface area contributed by atoms with Gasteiger partial charge < -0.3 is 26.1 Å². The summed E-state index contributed by atoms with van der Waals surface area (Å²) in [6, 6.07) is 5.30. The number of carboxylic acids is 1. The summed E-state index contributed by atoms with van der Waals surface area (Å²) < 4.78 is 5.34. The van der Waals surface area contributed by atoms with Crippen molar-refractivity contribution >= 4 is 17.6 Å². The monoisotopic (exact) mass is 295 g/mol. The second kappa shape index (κ2) is 7.85. The van der Waals surface area contributed by atoms with E-state index in [9.17, 15) is 9.59 Å². The minimum Gasteiger partial charge on any atom is -0.494 e. The van der Waals surface area contributed by atoms with Crippen LogP contribution in [0.2, 0.25) is 0 Å². The van der Waals surface area contributed by atoms with Gasteiger partial charge in [-0.25, -0.2) is 0 Å². The van der Waals surface area contributed by atoms with Gasteiger partial charge in [-0.15, -0.1) is 0 Å². The van der Waals surface area contributed by atoms with Crippen LogP contribution in [0.3, 0.4) is 0 Å². The Kier molecular flexibility index (Phi) is 6.15. The normalized spacial score (nSPS) is 12.6. The first-order valence-corrected chi connectivity index (χ1v) is 6.15. The lowest BCUT2D eigenvalue weighted by Gasteiger charge is -2.09. The molecule has 0 saturated heterocycles. The quantitative estimate of drug-likeness (QED) is 0.312. The Morgan fingerprint density at radius 3 is 2.48 bits per heavy atom. The molecule has 0 saturated carbocycles. The van der Waals surface area contributed by atoms with Crippen molar-refractivity contribution < 1.29 is 24.6 Å². The predicted molar refractivity (Wildman–Crippen MR) is 74.6 cm³/mol. The van der Waals surface area contributed by atoms with Gasteiger partial charge >= 0.3 is 5.97 Å². The van der Waals surface area contributed by atoms with Crippen molar-refractivity contribution in [2.45, 2.75) is 12.5 Å². The third-order valence-electron chi connectivity index (χ3n) is 2.68. The molecule has 21 heavy (non-hydrogen) atoms. The molecule has 1 aromatic carbocycles. The molecule has 114 valence electrons. The maximum Gasteiger partial charge on any atom is 0.320 e. The fraction of sp³-hybridized carbons (Fsp3) is 0.308. The van der Waals surface area contributed by atoms with Gasteiger partial charge in [0, 0.05) is 19.0 Å². The molecule has 0 radical (unpaired) electrons. The van der Waals surface area contributed by atoms with Crippen LogP contribution in [0.1, 0.15) is 12.0 Å². The lowest BCUT2D eigenvalue weighted by molar-refractivity contribution is -0.138. The highest BCUT2D eigenvalue weighted by Gasteiger charge is 2.13. The van der Waals surface area contributed by atoms with E-state index >= 15 is 0 Å². The Morgan fingerprint density at radius 2 is 2.00 bits per heavy atom. The molecule has 8 nitrogen and oxygen atoms in total. The average Bonchev–Trinajstić information content (AvgIpc) is 2.49. The molecular formula is C13H17N3O5. The summed E-state index contributed by atoms with van der Waals surface area (Å²) in [5, 5.41) is 22.8. The van der Waals surface area contributed by atoms with E-state index in [1.165, 1.54) is 7.05 Å². The number of hydrogen-bond acceptors (Lipinski definition) is 6. The molecule has 1 amide bonds. The molecular weight excluding hydrogens is 278 g/mol. The molecule has 0 heterocycles. The van der Waals surface area contributed by atoms with Gasteiger partial charge in [-0.1, -0.05) is 5.16 Å². The number of nitrogens with one attached hydrogen (secondary N) is 1. The van der Waals surface area contributed by atoms with Crippen molar-refractivity contribution in [3.63, 3.8) is 0 Å². The Balaban J connectivity index is 2.62.